The summed E-state index contributed by atoms with van der Waals surface area (Å²) < 4.78 is 44.1. The molecule has 9 nitrogen and oxygen atoms in total. The summed E-state index contributed by atoms with van der Waals surface area (Å²) in [5.74, 6) is 0.613. The number of benzene rings is 1. The van der Waals surface area contributed by atoms with Gasteiger partial charge >= 0.3 is 6.18 Å². The van der Waals surface area contributed by atoms with Gasteiger partial charge in [-0.25, -0.2) is 4.98 Å². The number of H-pyrrole nitrogens is 1. The summed E-state index contributed by atoms with van der Waals surface area (Å²) in [5, 5.41) is 37.5. The highest BCUT2D eigenvalue weighted by Gasteiger charge is 2.49. The fourth-order valence-electron chi connectivity index (χ4n) is 5.56. The first-order chi connectivity index (χ1) is 18.9. The van der Waals surface area contributed by atoms with Gasteiger partial charge in [-0.1, -0.05) is 36.4 Å². The number of aryl methyl sites for hydroxylation is 1. The number of alkyl halides is 3. The van der Waals surface area contributed by atoms with E-state index in [0.717, 1.165) is 36.4 Å². The van der Waals surface area contributed by atoms with E-state index in [1.807, 2.05) is 29.8 Å². The van der Waals surface area contributed by atoms with Crippen LogP contribution in [-0.4, -0.2) is 63.7 Å². The number of halogens is 3. The number of aliphatic hydroxyl groups is 2. The Hall–Kier alpha value is -3.87. The molecule has 1 aromatic carbocycles. The van der Waals surface area contributed by atoms with Gasteiger partial charge in [0.2, 0.25) is 0 Å². The summed E-state index contributed by atoms with van der Waals surface area (Å²) in [4.78, 5) is 5.26. The predicted molar refractivity (Wildman–Crippen MR) is 141 cm³/mol. The Balaban J connectivity index is 1.51. The van der Waals surface area contributed by atoms with Crippen LogP contribution >= 0.6 is 0 Å². The van der Waals surface area contributed by atoms with E-state index < -0.39 is 23.2 Å². The Kier molecular flexibility index (Phi) is 5.98. The van der Waals surface area contributed by atoms with Crippen LogP contribution in [-0.2, 0) is 18.9 Å². The molecule has 6 rings (SSSR count). The van der Waals surface area contributed by atoms with Crippen LogP contribution in [0.3, 0.4) is 0 Å². The summed E-state index contributed by atoms with van der Waals surface area (Å²) in [6, 6.07) is 8.41. The van der Waals surface area contributed by atoms with Crippen molar-refractivity contribution >= 4 is 10.9 Å². The number of nitrogens with one attached hydrogen (secondary N) is 1. The summed E-state index contributed by atoms with van der Waals surface area (Å²) in [5.41, 5.74) is -1.48. The van der Waals surface area contributed by atoms with E-state index in [2.05, 4.69) is 38.0 Å². The number of likely N-dealkylation sites (tertiary alicyclic amines) is 1. The van der Waals surface area contributed by atoms with Crippen molar-refractivity contribution in [2.45, 2.75) is 43.2 Å². The molecular weight excluding hydrogens is 523 g/mol. The summed E-state index contributed by atoms with van der Waals surface area (Å²) in [6.07, 6.45) is 2.03. The van der Waals surface area contributed by atoms with E-state index in [1.54, 1.807) is 19.3 Å². The maximum Gasteiger partial charge on any atom is 0.433 e. The highest BCUT2D eigenvalue weighted by molar-refractivity contribution is 5.95. The molecule has 0 saturated carbocycles. The molecule has 0 bridgehead atoms. The number of hydrogen-bond donors (Lipinski definition) is 3. The number of fused-ring (bicyclic) bond motifs is 1. The molecule has 0 spiro atoms. The molecular formula is C28H28F3N7O2. The van der Waals surface area contributed by atoms with Crippen LogP contribution in [0.4, 0.5) is 13.2 Å². The van der Waals surface area contributed by atoms with Crippen LogP contribution in [0.1, 0.15) is 48.5 Å². The second-order valence-corrected chi connectivity index (χ2v) is 10.8. The zero-order valence-corrected chi connectivity index (χ0v) is 21.9. The van der Waals surface area contributed by atoms with E-state index in [0.29, 0.717) is 5.56 Å². The molecule has 1 aliphatic heterocycles. The van der Waals surface area contributed by atoms with E-state index in [-0.39, 0.29) is 41.3 Å². The first kappa shape index (κ1) is 26.4. The van der Waals surface area contributed by atoms with Gasteiger partial charge < -0.3 is 14.8 Å². The van der Waals surface area contributed by atoms with Crippen molar-refractivity contribution in [1.82, 2.24) is 34.8 Å². The van der Waals surface area contributed by atoms with E-state index in [9.17, 15) is 23.4 Å². The lowest BCUT2D eigenvalue weighted by Crippen LogP contribution is -2.66. The molecule has 12 heteroatoms. The molecule has 4 heterocycles. The Morgan fingerprint density at radius 3 is 2.55 bits per heavy atom. The Morgan fingerprint density at radius 1 is 1.23 bits per heavy atom. The van der Waals surface area contributed by atoms with Gasteiger partial charge in [0, 0.05) is 31.1 Å². The summed E-state index contributed by atoms with van der Waals surface area (Å²) in [7, 11) is 1.87. The highest BCUT2D eigenvalue weighted by atomic mass is 19.4. The first-order valence-corrected chi connectivity index (χ1v) is 12.8. The van der Waals surface area contributed by atoms with Crippen LogP contribution in [0.25, 0.3) is 22.2 Å². The Morgan fingerprint density at radius 2 is 1.98 bits per heavy atom. The second kappa shape index (κ2) is 9.08. The normalized spacial score (nSPS) is 19.4. The molecule has 40 heavy (non-hydrogen) atoms. The van der Waals surface area contributed by atoms with E-state index in [4.69, 9.17) is 0 Å². The number of aromatic amines is 1. The maximum absolute atomic E-state index is 14.1. The fraction of sp³-hybridized carbons (Fsp3) is 0.357. The van der Waals surface area contributed by atoms with Gasteiger partial charge in [-0.3, -0.25) is 10.00 Å². The largest absolute Gasteiger partial charge is 0.433 e. The molecule has 1 fully saturated rings. The molecule has 0 amide bonds. The third kappa shape index (κ3) is 4.23. The smallest absolute Gasteiger partial charge is 0.387 e. The monoisotopic (exact) mass is 551 g/mol. The lowest BCUT2D eigenvalue weighted by atomic mass is 9.81. The first-order valence-electron chi connectivity index (χ1n) is 12.8. The molecule has 1 saturated heterocycles. The number of aromatic nitrogens is 6. The minimum absolute atomic E-state index is 0.0251. The van der Waals surface area contributed by atoms with Gasteiger partial charge in [-0.05, 0) is 43.5 Å². The van der Waals surface area contributed by atoms with Gasteiger partial charge in [0.05, 0.1) is 17.0 Å². The second-order valence-electron chi connectivity index (χ2n) is 10.8. The molecule has 0 radical (unpaired) electrons. The molecule has 208 valence electrons. The molecule has 1 aliphatic carbocycles. The fourth-order valence-corrected chi connectivity index (χ4v) is 5.56. The van der Waals surface area contributed by atoms with Crippen molar-refractivity contribution in [3.8, 4) is 11.3 Å². The quantitative estimate of drug-likeness (QED) is 0.297. The van der Waals surface area contributed by atoms with E-state index in [1.165, 1.54) is 10.5 Å². The number of allylic oxidation sites excluding steroid dienone is 2. The molecule has 2 atom stereocenters. The van der Waals surface area contributed by atoms with Gasteiger partial charge in [0.1, 0.15) is 29.2 Å². The zero-order valence-electron chi connectivity index (χ0n) is 21.9. The van der Waals surface area contributed by atoms with Gasteiger partial charge in [0.25, 0.3) is 0 Å². The van der Waals surface area contributed by atoms with Crippen molar-refractivity contribution in [3.05, 3.63) is 83.7 Å². The van der Waals surface area contributed by atoms with Crippen LogP contribution < -0.4 is 0 Å². The highest BCUT2D eigenvalue weighted by Crippen LogP contribution is 2.43. The molecule has 4 aromatic rings. The predicted octanol–water partition coefficient (Wildman–Crippen LogP) is 4.02. The lowest BCUT2D eigenvalue weighted by Gasteiger charge is -2.51. The van der Waals surface area contributed by atoms with Gasteiger partial charge in [-0.15, -0.1) is 10.2 Å². The minimum atomic E-state index is -4.78. The minimum Gasteiger partial charge on any atom is -0.387 e. The van der Waals surface area contributed by atoms with Crippen molar-refractivity contribution in [3.63, 3.8) is 0 Å². The Bertz CT molecular complexity index is 1650. The van der Waals surface area contributed by atoms with E-state index >= 15 is 0 Å². The molecule has 3 N–H and O–H groups in total. The van der Waals surface area contributed by atoms with Gasteiger partial charge in [0.15, 0.2) is 5.72 Å². The average Bonchev–Trinajstić information content (AvgIpc) is 3.49. The van der Waals surface area contributed by atoms with Crippen molar-refractivity contribution in [2.24, 2.45) is 7.05 Å². The number of pyridine rings is 1. The van der Waals surface area contributed by atoms with Crippen LogP contribution in [0.15, 0.2) is 61.0 Å². The van der Waals surface area contributed by atoms with Crippen LogP contribution in [0.5, 0.6) is 0 Å². The topological polar surface area (TPSA) is 116 Å². The summed E-state index contributed by atoms with van der Waals surface area (Å²) in [6.45, 7) is 5.30. The standard InChI is InChI=1S/C28H28F3N7O2/c1-4-27(40,38-13-26(2,39)14-38)24-23-19(12-20(33-24)28(29,30)31)22(34-35-23)18-10-6-9-17(11-18)21(16-7-5-8-16)25-36-32-15-37(25)3/h4,6-7,9-12,15,21,39-40H,1,5,8,13-14H2,2-3H3,(H,34,35)/t21-,27-/m1/s1. The van der Waals surface area contributed by atoms with Crippen LogP contribution in [0.2, 0.25) is 0 Å². The van der Waals surface area contributed by atoms with Gasteiger partial charge in [-0.2, -0.15) is 18.3 Å². The molecule has 0 unspecified atom stereocenters. The maximum atomic E-state index is 14.1. The number of hydrogen-bond acceptors (Lipinski definition) is 7. The third-order valence-corrected chi connectivity index (χ3v) is 7.73. The summed E-state index contributed by atoms with van der Waals surface area (Å²) >= 11 is 0. The number of nitrogens with zero attached hydrogens (tertiary/aromatic N) is 6. The van der Waals surface area contributed by atoms with Crippen molar-refractivity contribution in [1.29, 1.82) is 0 Å². The number of β-amino-alcohol motifs (C(OH)–C–C–N with tert-alkyl or cyclic N) is 1. The Labute approximate surface area is 227 Å². The SMILES string of the molecule is C=C[C@@](O)(c1nc(C(F)(F)F)cc2c(-c3cccc([C@@H](C4=CCC4)c4nncn4C)c3)n[nH]c12)N1CC(C)(O)C1. The average molecular weight is 552 g/mol. The third-order valence-electron chi connectivity index (χ3n) is 7.73. The van der Waals surface area contributed by atoms with Crippen molar-refractivity contribution < 1.29 is 23.4 Å². The lowest BCUT2D eigenvalue weighted by molar-refractivity contribution is -0.193. The van der Waals surface area contributed by atoms with Crippen molar-refractivity contribution in [2.75, 3.05) is 13.1 Å². The van der Waals surface area contributed by atoms with Crippen LogP contribution in [0, 0.1) is 0 Å². The zero-order chi connectivity index (χ0) is 28.4. The molecule has 3 aromatic heterocycles. The number of rotatable bonds is 7. The molecule has 2 aliphatic rings.